The number of hydrogen-bond donors (Lipinski definition) is 0. The third-order valence-electron chi connectivity index (χ3n) is 2.00. The molecule has 0 aliphatic rings. The lowest BCUT2D eigenvalue weighted by molar-refractivity contribution is -0.390. The van der Waals surface area contributed by atoms with Gasteiger partial charge in [0.2, 0.25) is 0 Å². The Hall–Kier alpha value is -2.36. The van der Waals surface area contributed by atoms with Crippen molar-refractivity contribution >= 4 is 27.4 Å². The fraction of sp³-hybridized carbons (Fsp3) is 0. The number of hydrogen-bond acceptors (Lipinski definition) is 6. The summed E-state index contributed by atoms with van der Waals surface area (Å²) in [5, 5.41) is 25.1. The standard InChI is InChI=1S/C8H4BrN5O4/c9-5-4-12(11-7(5)14(17)18)8-6(13(15)16)2-1-3-10-8/h1-4H. The maximum atomic E-state index is 10.8. The molecule has 0 atom stereocenters. The van der Waals surface area contributed by atoms with Gasteiger partial charge in [0.05, 0.1) is 16.2 Å². The molecule has 2 aromatic heterocycles. The molecule has 92 valence electrons. The van der Waals surface area contributed by atoms with Gasteiger partial charge in [-0.05, 0) is 26.9 Å². The van der Waals surface area contributed by atoms with E-state index in [9.17, 15) is 20.2 Å². The Bertz CT molecular complexity index is 640. The summed E-state index contributed by atoms with van der Waals surface area (Å²) < 4.78 is 1.10. The molecule has 0 aliphatic carbocycles. The zero-order chi connectivity index (χ0) is 13.3. The Morgan fingerprint density at radius 3 is 2.56 bits per heavy atom. The van der Waals surface area contributed by atoms with Crippen LogP contribution in [0.2, 0.25) is 0 Å². The third kappa shape index (κ3) is 2.05. The van der Waals surface area contributed by atoms with Crippen molar-refractivity contribution in [2.75, 3.05) is 0 Å². The lowest BCUT2D eigenvalue weighted by atomic mass is 10.4. The van der Waals surface area contributed by atoms with Gasteiger partial charge in [0.1, 0.15) is 4.47 Å². The van der Waals surface area contributed by atoms with E-state index < -0.39 is 15.7 Å². The maximum absolute atomic E-state index is 10.8. The topological polar surface area (TPSA) is 117 Å². The molecule has 0 bridgehead atoms. The van der Waals surface area contributed by atoms with Gasteiger partial charge < -0.3 is 10.1 Å². The molecule has 0 unspecified atom stereocenters. The minimum Gasteiger partial charge on any atom is -0.358 e. The Morgan fingerprint density at radius 1 is 1.28 bits per heavy atom. The molecule has 0 aromatic carbocycles. The monoisotopic (exact) mass is 313 g/mol. The zero-order valence-corrected chi connectivity index (χ0v) is 10.1. The van der Waals surface area contributed by atoms with Crippen LogP contribution in [0.4, 0.5) is 11.5 Å². The highest BCUT2D eigenvalue weighted by Gasteiger charge is 2.25. The molecule has 0 N–H and O–H groups in total. The number of rotatable bonds is 3. The van der Waals surface area contributed by atoms with Crippen molar-refractivity contribution in [2.45, 2.75) is 0 Å². The lowest BCUT2D eigenvalue weighted by Crippen LogP contribution is -2.03. The molecule has 0 aliphatic heterocycles. The third-order valence-corrected chi connectivity index (χ3v) is 2.56. The summed E-state index contributed by atoms with van der Waals surface area (Å²) in [6.45, 7) is 0. The van der Waals surface area contributed by atoms with Crippen LogP contribution in [0.5, 0.6) is 0 Å². The van der Waals surface area contributed by atoms with Crippen LogP contribution in [0.15, 0.2) is 29.0 Å². The van der Waals surface area contributed by atoms with Crippen molar-refractivity contribution in [2.24, 2.45) is 0 Å². The van der Waals surface area contributed by atoms with Crippen LogP contribution in [0.25, 0.3) is 5.82 Å². The zero-order valence-electron chi connectivity index (χ0n) is 8.56. The van der Waals surface area contributed by atoms with Gasteiger partial charge in [-0.1, -0.05) is 0 Å². The van der Waals surface area contributed by atoms with Gasteiger partial charge in [-0.2, -0.15) is 0 Å². The second-order valence-electron chi connectivity index (χ2n) is 3.11. The molecular formula is C8H4BrN5O4. The van der Waals surface area contributed by atoms with E-state index in [0.29, 0.717) is 0 Å². The van der Waals surface area contributed by atoms with Crippen molar-refractivity contribution < 1.29 is 9.85 Å². The van der Waals surface area contributed by atoms with E-state index in [1.54, 1.807) is 0 Å². The predicted molar refractivity (Wildman–Crippen MR) is 62.4 cm³/mol. The number of nitrogens with zero attached hydrogens (tertiary/aromatic N) is 5. The summed E-state index contributed by atoms with van der Waals surface area (Å²) >= 11 is 2.95. The molecular weight excluding hydrogens is 310 g/mol. The van der Waals surface area contributed by atoms with Gasteiger partial charge in [0.15, 0.2) is 0 Å². The fourth-order valence-electron chi connectivity index (χ4n) is 1.28. The maximum Gasteiger partial charge on any atom is 0.404 e. The average Bonchev–Trinajstić information content (AvgIpc) is 2.71. The van der Waals surface area contributed by atoms with E-state index in [1.807, 2.05) is 0 Å². The van der Waals surface area contributed by atoms with E-state index in [1.165, 1.54) is 24.5 Å². The van der Waals surface area contributed by atoms with Crippen LogP contribution in [0.1, 0.15) is 0 Å². The number of aromatic nitrogens is 3. The molecule has 2 heterocycles. The minimum atomic E-state index is -0.699. The Balaban J connectivity index is 2.59. The first kappa shape index (κ1) is 12.1. The summed E-state index contributed by atoms with van der Waals surface area (Å²) in [5.41, 5.74) is -0.289. The van der Waals surface area contributed by atoms with Crippen molar-refractivity contribution in [3.8, 4) is 5.82 Å². The van der Waals surface area contributed by atoms with E-state index >= 15 is 0 Å². The smallest absolute Gasteiger partial charge is 0.358 e. The van der Waals surface area contributed by atoms with Crippen LogP contribution >= 0.6 is 15.9 Å². The van der Waals surface area contributed by atoms with Crippen molar-refractivity contribution in [1.29, 1.82) is 0 Å². The van der Waals surface area contributed by atoms with Gasteiger partial charge in [0.25, 0.3) is 5.82 Å². The molecule has 0 saturated carbocycles. The van der Waals surface area contributed by atoms with E-state index in [0.717, 1.165) is 4.68 Å². The molecule has 0 amide bonds. The van der Waals surface area contributed by atoms with Crippen LogP contribution in [0.3, 0.4) is 0 Å². The molecule has 0 radical (unpaired) electrons. The molecule has 9 nitrogen and oxygen atoms in total. The van der Waals surface area contributed by atoms with Crippen molar-refractivity contribution in [3.63, 3.8) is 0 Å². The number of pyridine rings is 1. The van der Waals surface area contributed by atoms with Gasteiger partial charge in [-0.15, -0.1) is 4.68 Å². The highest BCUT2D eigenvalue weighted by atomic mass is 79.9. The Kier molecular flexibility index (Phi) is 3.02. The van der Waals surface area contributed by atoms with E-state index in [4.69, 9.17) is 0 Å². The van der Waals surface area contributed by atoms with Gasteiger partial charge in [-0.3, -0.25) is 10.1 Å². The Labute approximate surface area is 107 Å². The van der Waals surface area contributed by atoms with E-state index in [2.05, 4.69) is 26.0 Å². The summed E-state index contributed by atoms with van der Waals surface area (Å²) in [4.78, 5) is 23.9. The molecule has 2 aromatic rings. The van der Waals surface area contributed by atoms with Gasteiger partial charge in [0, 0.05) is 12.3 Å². The summed E-state index contributed by atoms with van der Waals surface area (Å²) in [6.07, 6.45) is 2.58. The molecule has 18 heavy (non-hydrogen) atoms. The van der Waals surface area contributed by atoms with Crippen molar-refractivity contribution in [3.05, 3.63) is 49.2 Å². The minimum absolute atomic E-state index is 0.0868. The lowest BCUT2D eigenvalue weighted by Gasteiger charge is -1.96. The highest BCUT2D eigenvalue weighted by Crippen LogP contribution is 2.26. The second kappa shape index (κ2) is 4.49. The summed E-state index contributed by atoms with van der Waals surface area (Å²) in [5.74, 6) is -0.522. The molecule has 0 saturated heterocycles. The fourth-order valence-corrected chi connectivity index (χ4v) is 1.70. The van der Waals surface area contributed by atoms with Gasteiger partial charge in [-0.25, -0.2) is 4.98 Å². The first-order valence-electron chi connectivity index (χ1n) is 4.50. The molecule has 2 rings (SSSR count). The van der Waals surface area contributed by atoms with Crippen molar-refractivity contribution in [1.82, 2.24) is 14.8 Å². The number of halogens is 1. The largest absolute Gasteiger partial charge is 0.404 e. The number of nitro groups is 2. The first-order valence-corrected chi connectivity index (χ1v) is 5.29. The average molecular weight is 314 g/mol. The van der Waals surface area contributed by atoms with Crippen LogP contribution in [-0.2, 0) is 0 Å². The normalized spacial score (nSPS) is 10.3. The Morgan fingerprint density at radius 2 is 2.00 bits per heavy atom. The molecule has 10 heteroatoms. The molecule has 0 fully saturated rings. The summed E-state index contributed by atoms with van der Waals surface area (Å²) in [7, 11) is 0. The van der Waals surface area contributed by atoms with E-state index in [-0.39, 0.29) is 16.0 Å². The van der Waals surface area contributed by atoms with Crippen LogP contribution in [-0.4, -0.2) is 24.6 Å². The van der Waals surface area contributed by atoms with Gasteiger partial charge >= 0.3 is 11.5 Å². The predicted octanol–water partition coefficient (Wildman–Crippen LogP) is 1.85. The summed E-state index contributed by atoms with van der Waals surface area (Å²) in [6, 6.07) is 2.64. The molecule has 0 spiro atoms. The quantitative estimate of drug-likeness (QED) is 0.630. The SMILES string of the molecule is O=[N+]([O-])c1cccnc1-n1cc(Br)c([N+](=O)[O-])n1. The van der Waals surface area contributed by atoms with Crippen LogP contribution < -0.4 is 0 Å². The second-order valence-corrected chi connectivity index (χ2v) is 3.96. The highest BCUT2D eigenvalue weighted by molar-refractivity contribution is 9.10. The first-order chi connectivity index (χ1) is 8.50. The van der Waals surface area contributed by atoms with Crippen LogP contribution in [0, 0.1) is 20.2 Å².